The SMILES string of the molecule is C1CC1.O=C(O)Nc1cc2ccc(-c3c(F)cccc3F)cc2cn1. The quantitative estimate of drug-likeness (QED) is 0.652. The lowest BCUT2D eigenvalue weighted by molar-refractivity contribution is 0.209. The van der Waals surface area contributed by atoms with E-state index < -0.39 is 17.7 Å². The summed E-state index contributed by atoms with van der Waals surface area (Å²) in [6.07, 6.45) is 4.74. The van der Waals surface area contributed by atoms with Gasteiger partial charge in [0.1, 0.15) is 17.5 Å². The Morgan fingerprint density at radius 1 is 1.00 bits per heavy atom. The van der Waals surface area contributed by atoms with Crippen LogP contribution in [0.25, 0.3) is 21.9 Å². The molecular weight excluding hydrogens is 326 g/mol. The molecule has 2 N–H and O–H groups in total. The van der Waals surface area contributed by atoms with E-state index in [1.807, 2.05) is 0 Å². The second-order valence-corrected chi connectivity index (χ2v) is 5.72. The third kappa shape index (κ3) is 4.29. The molecule has 2 aromatic carbocycles. The number of carboxylic acid groups (broad SMARTS) is 1. The molecule has 0 bridgehead atoms. The van der Waals surface area contributed by atoms with Crippen LogP contribution < -0.4 is 5.32 Å². The molecule has 1 aliphatic carbocycles. The second-order valence-electron chi connectivity index (χ2n) is 5.72. The Morgan fingerprint density at radius 2 is 1.68 bits per heavy atom. The highest BCUT2D eigenvalue weighted by Gasteiger charge is 2.11. The van der Waals surface area contributed by atoms with Gasteiger partial charge in [-0.15, -0.1) is 0 Å². The number of benzene rings is 2. The van der Waals surface area contributed by atoms with Gasteiger partial charge in [-0.2, -0.15) is 0 Å². The van der Waals surface area contributed by atoms with Gasteiger partial charge in [0.15, 0.2) is 0 Å². The third-order valence-corrected chi connectivity index (χ3v) is 3.56. The summed E-state index contributed by atoms with van der Waals surface area (Å²) in [6.45, 7) is 0. The van der Waals surface area contributed by atoms with Gasteiger partial charge >= 0.3 is 6.09 Å². The van der Waals surface area contributed by atoms with E-state index in [4.69, 9.17) is 5.11 Å². The predicted molar refractivity (Wildman–Crippen MR) is 92.6 cm³/mol. The first-order chi connectivity index (χ1) is 12.0. The summed E-state index contributed by atoms with van der Waals surface area (Å²) in [5.41, 5.74) is 0.293. The number of pyridine rings is 1. The number of halogens is 2. The number of rotatable bonds is 2. The lowest BCUT2D eigenvalue weighted by atomic mass is 10.0. The van der Waals surface area contributed by atoms with E-state index in [1.165, 1.54) is 43.7 Å². The van der Waals surface area contributed by atoms with Gasteiger partial charge in [-0.1, -0.05) is 37.5 Å². The van der Waals surface area contributed by atoms with Gasteiger partial charge in [0, 0.05) is 11.6 Å². The van der Waals surface area contributed by atoms with Crippen molar-refractivity contribution in [2.24, 2.45) is 0 Å². The van der Waals surface area contributed by atoms with Gasteiger partial charge in [-0.05, 0) is 35.2 Å². The molecule has 0 saturated heterocycles. The minimum Gasteiger partial charge on any atom is -0.465 e. The molecule has 1 heterocycles. The first-order valence-corrected chi connectivity index (χ1v) is 7.89. The highest BCUT2D eigenvalue weighted by Crippen LogP contribution is 2.29. The van der Waals surface area contributed by atoms with Gasteiger partial charge in [0.25, 0.3) is 0 Å². The van der Waals surface area contributed by atoms with Crippen molar-refractivity contribution in [1.29, 1.82) is 0 Å². The molecule has 1 amide bonds. The van der Waals surface area contributed by atoms with Crippen molar-refractivity contribution < 1.29 is 18.7 Å². The number of nitrogens with zero attached hydrogens (tertiary/aromatic N) is 1. The van der Waals surface area contributed by atoms with Crippen molar-refractivity contribution in [3.05, 3.63) is 60.3 Å². The van der Waals surface area contributed by atoms with Crippen LogP contribution in [-0.2, 0) is 0 Å². The molecule has 6 heteroatoms. The number of fused-ring (bicyclic) bond motifs is 1. The monoisotopic (exact) mass is 342 g/mol. The Balaban J connectivity index is 0.000000549. The molecule has 0 radical (unpaired) electrons. The molecule has 4 rings (SSSR count). The summed E-state index contributed by atoms with van der Waals surface area (Å²) < 4.78 is 27.6. The van der Waals surface area contributed by atoms with Crippen molar-refractivity contribution in [2.75, 3.05) is 5.32 Å². The zero-order valence-corrected chi connectivity index (χ0v) is 13.3. The smallest absolute Gasteiger partial charge is 0.410 e. The average Bonchev–Trinajstić information content (AvgIpc) is 3.43. The summed E-state index contributed by atoms with van der Waals surface area (Å²) in [6, 6.07) is 10.1. The Kier molecular flexibility index (Phi) is 4.88. The van der Waals surface area contributed by atoms with Crippen molar-refractivity contribution in [3.8, 4) is 11.1 Å². The van der Waals surface area contributed by atoms with Crippen molar-refractivity contribution in [1.82, 2.24) is 4.98 Å². The summed E-state index contributed by atoms with van der Waals surface area (Å²) in [5.74, 6) is -1.10. The first-order valence-electron chi connectivity index (χ1n) is 7.89. The van der Waals surface area contributed by atoms with E-state index in [0.717, 1.165) is 0 Å². The van der Waals surface area contributed by atoms with Crippen LogP contribution in [-0.4, -0.2) is 16.2 Å². The zero-order chi connectivity index (χ0) is 17.8. The fourth-order valence-electron chi connectivity index (χ4n) is 2.25. The number of aromatic nitrogens is 1. The van der Waals surface area contributed by atoms with E-state index >= 15 is 0 Å². The highest BCUT2D eigenvalue weighted by molar-refractivity contribution is 5.91. The Bertz CT molecular complexity index is 903. The molecule has 1 fully saturated rings. The van der Waals surface area contributed by atoms with Crippen LogP contribution in [0.1, 0.15) is 19.3 Å². The fraction of sp³-hybridized carbons (Fsp3) is 0.158. The van der Waals surface area contributed by atoms with Crippen LogP contribution in [0.3, 0.4) is 0 Å². The minimum atomic E-state index is -1.21. The average molecular weight is 342 g/mol. The van der Waals surface area contributed by atoms with Gasteiger partial charge < -0.3 is 5.11 Å². The van der Waals surface area contributed by atoms with E-state index in [1.54, 1.807) is 24.3 Å². The third-order valence-electron chi connectivity index (χ3n) is 3.56. The number of nitrogens with one attached hydrogen (secondary N) is 1. The lowest BCUT2D eigenvalue weighted by Crippen LogP contribution is -2.08. The predicted octanol–water partition coefficient (Wildman–Crippen LogP) is 5.44. The highest BCUT2D eigenvalue weighted by atomic mass is 19.1. The van der Waals surface area contributed by atoms with E-state index in [9.17, 15) is 13.6 Å². The van der Waals surface area contributed by atoms with Crippen LogP contribution in [0.4, 0.5) is 19.4 Å². The fourth-order valence-corrected chi connectivity index (χ4v) is 2.25. The van der Waals surface area contributed by atoms with Gasteiger partial charge in [0.05, 0.1) is 5.56 Å². The summed E-state index contributed by atoms with van der Waals surface area (Å²) in [5, 5.41) is 12.2. The Hall–Kier alpha value is -3.02. The van der Waals surface area contributed by atoms with Crippen LogP contribution in [0.15, 0.2) is 48.7 Å². The molecule has 3 aromatic rings. The minimum absolute atomic E-state index is 0.0999. The topological polar surface area (TPSA) is 62.2 Å². The molecule has 0 unspecified atom stereocenters. The maximum absolute atomic E-state index is 13.8. The normalized spacial score (nSPS) is 12.2. The summed E-state index contributed by atoms with van der Waals surface area (Å²) >= 11 is 0. The molecule has 1 aliphatic rings. The number of hydrogen-bond donors (Lipinski definition) is 2. The summed E-state index contributed by atoms with van der Waals surface area (Å²) in [7, 11) is 0. The maximum Gasteiger partial charge on any atom is 0.410 e. The molecule has 1 aromatic heterocycles. The Labute approximate surface area is 143 Å². The zero-order valence-electron chi connectivity index (χ0n) is 13.3. The Morgan fingerprint density at radius 3 is 2.28 bits per heavy atom. The van der Waals surface area contributed by atoms with Gasteiger partial charge in [-0.3, -0.25) is 5.32 Å². The van der Waals surface area contributed by atoms with E-state index in [2.05, 4.69) is 10.3 Å². The number of anilines is 1. The van der Waals surface area contributed by atoms with Crippen LogP contribution >= 0.6 is 0 Å². The van der Waals surface area contributed by atoms with Crippen molar-refractivity contribution in [2.45, 2.75) is 19.3 Å². The summed E-state index contributed by atoms with van der Waals surface area (Å²) in [4.78, 5) is 14.5. The molecular formula is C19H16F2N2O2. The number of carbonyl (C=O) groups is 1. The molecule has 1 saturated carbocycles. The molecule has 0 spiro atoms. The van der Waals surface area contributed by atoms with Crippen molar-refractivity contribution in [3.63, 3.8) is 0 Å². The van der Waals surface area contributed by atoms with Gasteiger partial charge in [-0.25, -0.2) is 18.6 Å². The number of hydrogen-bond acceptors (Lipinski definition) is 2. The first kappa shape index (κ1) is 16.8. The largest absolute Gasteiger partial charge is 0.465 e. The molecule has 128 valence electrons. The van der Waals surface area contributed by atoms with Crippen LogP contribution in [0, 0.1) is 11.6 Å². The van der Waals surface area contributed by atoms with Crippen LogP contribution in [0.2, 0.25) is 0 Å². The van der Waals surface area contributed by atoms with Crippen LogP contribution in [0.5, 0.6) is 0 Å². The molecule has 25 heavy (non-hydrogen) atoms. The second kappa shape index (κ2) is 7.25. The van der Waals surface area contributed by atoms with E-state index in [-0.39, 0.29) is 11.4 Å². The number of amides is 1. The molecule has 0 aliphatic heterocycles. The molecule has 4 nitrogen and oxygen atoms in total. The van der Waals surface area contributed by atoms with E-state index in [0.29, 0.717) is 16.3 Å². The lowest BCUT2D eigenvalue weighted by Gasteiger charge is -2.07. The standard InChI is InChI=1S/C16H10F2N2O2.C3H6/c17-12-2-1-3-13(18)15(12)10-5-4-9-7-14(20-16(21)22)19-8-11(9)6-10;1-2-3-1/h1-8H,(H,19,20)(H,21,22);1-3H2. The van der Waals surface area contributed by atoms with Gasteiger partial charge in [0.2, 0.25) is 0 Å². The van der Waals surface area contributed by atoms with Crippen molar-refractivity contribution >= 4 is 22.7 Å². The maximum atomic E-state index is 13.8. The molecule has 0 atom stereocenters.